The number of hydrogen-bond acceptors (Lipinski definition) is 5. The number of halogens is 1. The van der Waals surface area contributed by atoms with Gasteiger partial charge in [-0.1, -0.05) is 18.2 Å². The Balaban J connectivity index is 1.75. The van der Waals surface area contributed by atoms with Crippen LogP contribution < -0.4 is 15.4 Å². The summed E-state index contributed by atoms with van der Waals surface area (Å²) < 4.78 is 14.6. The van der Waals surface area contributed by atoms with E-state index in [1.54, 1.807) is 19.1 Å². The van der Waals surface area contributed by atoms with Gasteiger partial charge in [-0.2, -0.15) is 0 Å². The smallest absolute Gasteiger partial charge is 0.357 e. The van der Waals surface area contributed by atoms with Gasteiger partial charge in [-0.15, -0.1) is 0 Å². The molecule has 8 heteroatoms. The van der Waals surface area contributed by atoms with Crippen LogP contribution in [0.2, 0.25) is 0 Å². The first kappa shape index (κ1) is 18.9. The lowest BCUT2D eigenvalue weighted by molar-refractivity contribution is -0.385. The lowest BCUT2D eigenvalue weighted by Gasteiger charge is -2.37. The third-order valence-electron chi connectivity index (χ3n) is 5.41. The lowest BCUT2D eigenvalue weighted by atomic mass is 10.1. The normalized spacial score (nSPS) is 14.4. The Morgan fingerprint density at radius 3 is 2.24 bits per heavy atom. The number of rotatable bonds is 4. The largest absolute Gasteiger partial charge is 0.368 e. The molecule has 0 N–H and O–H groups in total. The summed E-state index contributed by atoms with van der Waals surface area (Å²) in [5, 5.41) is 12.5. The van der Waals surface area contributed by atoms with E-state index in [4.69, 9.17) is 0 Å². The monoisotopic (exact) mass is 396 g/mol. The number of nitrogens with zero attached hydrogens (tertiary/aromatic N) is 4. The molecule has 0 amide bonds. The van der Waals surface area contributed by atoms with Gasteiger partial charge in [0.1, 0.15) is 11.5 Å². The van der Waals surface area contributed by atoms with Gasteiger partial charge in [-0.3, -0.25) is 14.9 Å². The van der Waals surface area contributed by atoms with Crippen LogP contribution in [0.4, 0.5) is 21.5 Å². The fraction of sp³-hybridized carbons (Fsp3) is 0.286. The van der Waals surface area contributed by atoms with Gasteiger partial charge in [0.05, 0.1) is 10.4 Å². The second-order valence-electron chi connectivity index (χ2n) is 6.97. The van der Waals surface area contributed by atoms with Crippen molar-refractivity contribution in [3.8, 4) is 0 Å². The molecule has 0 atom stereocenters. The van der Waals surface area contributed by atoms with Crippen molar-refractivity contribution in [1.82, 2.24) is 4.57 Å². The second-order valence-corrected chi connectivity index (χ2v) is 6.97. The molecule has 4 rings (SSSR count). The van der Waals surface area contributed by atoms with Crippen LogP contribution in [0.25, 0.3) is 10.9 Å². The van der Waals surface area contributed by atoms with Crippen molar-refractivity contribution in [1.29, 1.82) is 0 Å². The van der Waals surface area contributed by atoms with Gasteiger partial charge in [0.15, 0.2) is 0 Å². The van der Waals surface area contributed by atoms with Gasteiger partial charge < -0.3 is 14.4 Å². The van der Waals surface area contributed by atoms with Gasteiger partial charge in [0.2, 0.25) is 0 Å². The molecule has 0 unspecified atom stereocenters. The molecule has 0 spiro atoms. The SMILES string of the molecule is CCn1c(=O)c([N+](=O)[O-])c(N2CCN(c3ccc(F)cc3)CC2)c2ccccc21. The van der Waals surface area contributed by atoms with E-state index in [0.717, 1.165) is 5.69 Å². The average Bonchev–Trinajstić information content (AvgIpc) is 2.73. The molecule has 2 aromatic carbocycles. The van der Waals surface area contributed by atoms with Gasteiger partial charge in [-0.05, 0) is 37.3 Å². The second kappa shape index (κ2) is 7.54. The number of hydrogen-bond donors (Lipinski definition) is 0. The Hall–Kier alpha value is -3.42. The highest BCUT2D eigenvalue weighted by Crippen LogP contribution is 2.34. The number of benzene rings is 2. The van der Waals surface area contributed by atoms with Crippen LogP contribution in [0, 0.1) is 15.9 Å². The molecule has 1 aliphatic rings. The van der Waals surface area contributed by atoms with Gasteiger partial charge in [0, 0.05) is 43.8 Å². The first-order chi connectivity index (χ1) is 14.0. The minimum Gasteiger partial charge on any atom is -0.368 e. The van der Waals surface area contributed by atoms with Crippen molar-refractivity contribution in [2.75, 3.05) is 36.0 Å². The van der Waals surface area contributed by atoms with Gasteiger partial charge in [0.25, 0.3) is 0 Å². The summed E-state index contributed by atoms with van der Waals surface area (Å²) >= 11 is 0. The quantitative estimate of drug-likeness (QED) is 0.499. The molecule has 0 radical (unpaired) electrons. The molecular formula is C21H21FN4O3. The predicted octanol–water partition coefficient (Wildman–Crippen LogP) is 3.40. The van der Waals surface area contributed by atoms with E-state index < -0.39 is 10.5 Å². The van der Waals surface area contributed by atoms with Gasteiger partial charge in [-0.25, -0.2) is 4.39 Å². The van der Waals surface area contributed by atoms with Crippen molar-refractivity contribution >= 4 is 28.0 Å². The van der Waals surface area contributed by atoms with Crippen molar-refractivity contribution in [3.05, 3.63) is 74.8 Å². The number of fused-ring (bicyclic) bond motifs is 1. The van der Waals surface area contributed by atoms with Crippen LogP contribution in [0.5, 0.6) is 0 Å². The number of para-hydroxylation sites is 1. The first-order valence-corrected chi connectivity index (χ1v) is 9.56. The zero-order chi connectivity index (χ0) is 20.5. The van der Waals surface area contributed by atoms with E-state index in [9.17, 15) is 19.3 Å². The Morgan fingerprint density at radius 2 is 1.62 bits per heavy atom. The summed E-state index contributed by atoms with van der Waals surface area (Å²) in [6.45, 7) is 4.45. The molecule has 2 heterocycles. The van der Waals surface area contributed by atoms with E-state index in [1.165, 1.54) is 16.7 Å². The Morgan fingerprint density at radius 1 is 1.00 bits per heavy atom. The number of aromatic nitrogens is 1. The maximum atomic E-state index is 13.2. The molecule has 29 heavy (non-hydrogen) atoms. The Labute approximate surface area is 166 Å². The molecule has 1 fully saturated rings. The molecule has 0 saturated carbocycles. The number of anilines is 2. The first-order valence-electron chi connectivity index (χ1n) is 9.56. The van der Waals surface area contributed by atoms with Crippen LogP contribution >= 0.6 is 0 Å². The van der Waals surface area contributed by atoms with Crippen molar-refractivity contribution in [3.63, 3.8) is 0 Å². The number of nitro groups is 1. The molecule has 3 aromatic rings. The highest BCUT2D eigenvalue weighted by atomic mass is 19.1. The van der Waals surface area contributed by atoms with E-state index in [0.29, 0.717) is 49.3 Å². The summed E-state index contributed by atoms with van der Waals surface area (Å²) in [4.78, 5) is 28.2. The molecule has 1 saturated heterocycles. The third kappa shape index (κ3) is 3.30. The number of aryl methyl sites for hydroxylation is 1. The van der Waals surface area contributed by atoms with E-state index in [1.807, 2.05) is 29.2 Å². The van der Waals surface area contributed by atoms with Crippen molar-refractivity contribution < 1.29 is 9.31 Å². The number of piperazine rings is 1. The Bertz CT molecular complexity index is 1120. The van der Waals surface area contributed by atoms with Crippen molar-refractivity contribution in [2.45, 2.75) is 13.5 Å². The van der Waals surface area contributed by atoms with E-state index >= 15 is 0 Å². The van der Waals surface area contributed by atoms with E-state index in [2.05, 4.69) is 4.90 Å². The summed E-state index contributed by atoms with van der Waals surface area (Å²) in [5.74, 6) is -0.286. The van der Waals surface area contributed by atoms with E-state index in [-0.39, 0.29) is 11.5 Å². The summed E-state index contributed by atoms with van der Waals surface area (Å²) in [6, 6.07) is 13.6. The Kier molecular flexibility index (Phi) is 4.92. The number of pyridine rings is 1. The average molecular weight is 396 g/mol. The molecule has 1 aliphatic heterocycles. The minimum absolute atomic E-state index is 0.286. The molecule has 0 bridgehead atoms. The van der Waals surface area contributed by atoms with Crippen LogP contribution in [-0.2, 0) is 6.54 Å². The zero-order valence-corrected chi connectivity index (χ0v) is 16.0. The van der Waals surface area contributed by atoms with Gasteiger partial charge >= 0.3 is 11.2 Å². The van der Waals surface area contributed by atoms with Crippen LogP contribution in [-0.4, -0.2) is 35.7 Å². The summed E-state index contributed by atoms with van der Waals surface area (Å²) in [6.07, 6.45) is 0. The molecule has 1 aromatic heterocycles. The molecular weight excluding hydrogens is 375 g/mol. The van der Waals surface area contributed by atoms with Crippen LogP contribution in [0.1, 0.15) is 6.92 Å². The highest BCUT2D eigenvalue weighted by molar-refractivity contribution is 5.96. The standard InChI is InChI=1S/C21H21FN4O3/c1-2-25-18-6-4-3-5-17(18)19(20(21(25)27)26(28)29)24-13-11-23(12-14-24)16-9-7-15(22)8-10-16/h3-10H,2,11-14H2,1H3. The maximum Gasteiger partial charge on any atom is 0.357 e. The topological polar surface area (TPSA) is 71.6 Å². The highest BCUT2D eigenvalue weighted by Gasteiger charge is 2.31. The molecule has 7 nitrogen and oxygen atoms in total. The summed E-state index contributed by atoms with van der Waals surface area (Å²) in [5.41, 5.74) is 1.04. The molecule has 150 valence electrons. The maximum absolute atomic E-state index is 13.2. The van der Waals surface area contributed by atoms with Crippen LogP contribution in [0.15, 0.2) is 53.3 Å². The fourth-order valence-electron chi connectivity index (χ4n) is 4.01. The summed E-state index contributed by atoms with van der Waals surface area (Å²) in [7, 11) is 0. The van der Waals surface area contributed by atoms with Crippen molar-refractivity contribution in [2.24, 2.45) is 0 Å². The fourth-order valence-corrected chi connectivity index (χ4v) is 4.01. The van der Waals surface area contributed by atoms with Crippen LogP contribution in [0.3, 0.4) is 0 Å². The molecule has 0 aliphatic carbocycles. The zero-order valence-electron chi connectivity index (χ0n) is 16.0. The third-order valence-corrected chi connectivity index (χ3v) is 5.41. The lowest BCUT2D eigenvalue weighted by Crippen LogP contribution is -2.47. The minimum atomic E-state index is -0.577. The predicted molar refractivity (Wildman–Crippen MR) is 111 cm³/mol.